The number of nitrogens with zero attached hydrogens (tertiary/aromatic N) is 5. The molecule has 2 aliphatic rings. The second-order valence-electron chi connectivity index (χ2n) is 6.06. The summed E-state index contributed by atoms with van der Waals surface area (Å²) in [5.41, 5.74) is 1.13. The quantitative estimate of drug-likeness (QED) is 0.748. The van der Waals surface area contributed by atoms with Crippen LogP contribution in [0.4, 0.5) is 10.8 Å². The standard InChI is InChI=1S/C15H18ClN5O2/c1-10-9-20(7-8-21(10)15(22)19-5-2-6-19)14-18-13-11(23-14)3-4-12(16)17-13/h3-4,10H,2,5-9H2,1H3. The summed E-state index contributed by atoms with van der Waals surface area (Å²) in [5.74, 6) is 0. The number of hydrogen-bond acceptors (Lipinski definition) is 5. The first-order valence-electron chi connectivity index (χ1n) is 7.85. The molecular weight excluding hydrogens is 318 g/mol. The molecule has 0 saturated carbocycles. The zero-order valence-electron chi connectivity index (χ0n) is 12.9. The molecule has 23 heavy (non-hydrogen) atoms. The zero-order chi connectivity index (χ0) is 16.0. The van der Waals surface area contributed by atoms with Gasteiger partial charge in [-0.3, -0.25) is 0 Å². The number of amides is 2. The lowest BCUT2D eigenvalue weighted by atomic mass is 10.2. The maximum Gasteiger partial charge on any atom is 0.320 e. The molecule has 4 heterocycles. The molecule has 2 aliphatic heterocycles. The summed E-state index contributed by atoms with van der Waals surface area (Å²) < 4.78 is 5.77. The van der Waals surface area contributed by atoms with Gasteiger partial charge < -0.3 is 19.1 Å². The van der Waals surface area contributed by atoms with Gasteiger partial charge in [-0.05, 0) is 25.5 Å². The number of halogens is 1. The maximum absolute atomic E-state index is 12.4. The van der Waals surface area contributed by atoms with Gasteiger partial charge in [0, 0.05) is 38.8 Å². The third-order valence-electron chi connectivity index (χ3n) is 4.48. The number of carbonyl (C=O) groups is 1. The van der Waals surface area contributed by atoms with Crippen molar-refractivity contribution in [3.05, 3.63) is 17.3 Å². The van der Waals surface area contributed by atoms with Gasteiger partial charge in [-0.2, -0.15) is 4.98 Å². The van der Waals surface area contributed by atoms with Crippen molar-refractivity contribution in [1.82, 2.24) is 19.8 Å². The minimum absolute atomic E-state index is 0.114. The summed E-state index contributed by atoms with van der Waals surface area (Å²) in [7, 11) is 0. The molecule has 2 fully saturated rings. The lowest BCUT2D eigenvalue weighted by Gasteiger charge is -2.43. The van der Waals surface area contributed by atoms with Gasteiger partial charge in [0.15, 0.2) is 5.58 Å². The van der Waals surface area contributed by atoms with Crippen LogP contribution in [0.1, 0.15) is 13.3 Å². The average molecular weight is 336 g/mol. The van der Waals surface area contributed by atoms with Gasteiger partial charge in [-0.1, -0.05) is 11.6 Å². The number of rotatable bonds is 1. The molecule has 1 unspecified atom stereocenters. The lowest BCUT2D eigenvalue weighted by Crippen LogP contribution is -2.59. The molecule has 4 rings (SSSR count). The minimum Gasteiger partial charge on any atom is -0.422 e. The van der Waals surface area contributed by atoms with Crippen molar-refractivity contribution in [2.75, 3.05) is 37.6 Å². The van der Waals surface area contributed by atoms with Crippen LogP contribution < -0.4 is 4.90 Å². The maximum atomic E-state index is 12.4. The molecule has 0 aromatic carbocycles. The van der Waals surface area contributed by atoms with Crippen molar-refractivity contribution in [3.8, 4) is 0 Å². The van der Waals surface area contributed by atoms with Gasteiger partial charge in [0.05, 0.1) is 0 Å². The van der Waals surface area contributed by atoms with E-state index in [1.807, 2.05) is 9.80 Å². The van der Waals surface area contributed by atoms with Crippen LogP contribution in [0.15, 0.2) is 16.5 Å². The molecule has 2 amide bonds. The first-order valence-corrected chi connectivity index (χ1v) is 8.23. The molecule has 7 nitrogen and oxygen atoms in total. The summed E-state index contributed by atoms with van der Waals surface area (Å²) in [6.07, 6.45) is 1.11. The summed E-state index contributed by atoms with van der Waals surface area (Å²) >= 11 is 5.88. The Balaban J connectivity index is 1.49. The number of urea groups is 1. The number of oxazole rings is 1. The number of pyridine rings is 1. The number of anilines is 1. The monoisotopic (exact) mass is 335 g/mol. The number of fused-ring (bicyclic) bond motifs is 1. The van der Waals surface area contributed by atoms with E-state index in [4.69, 9.17) is 16.0 Å². The van der Waals surface area contributed by atoms with Crippen LogP contribution in [-0.2, 0) is 0 Å². The smallest absolute Gasteiger partial charge is 0.320 e. The van der Waals surface area contributed by atoms with Crippen LogP contribution in [0.5, 0.6) is 0 Å². The molecule has 0 N–H and O–H groups in total. The highest BCUT2D eigenvalue weighted by Gasteiger charge is 2.33. The number of likely N-dealkylation sites (tertiary alicyclic amines) is 1. The van der Waals surface area contributed by atoms with E-state index in [2.05, 4.69) is 21.8 Å². The molecule has 0 radical (unpaired) electrons. The summed E-state index contributed by atoms with van der Waals surface area (Å²) in [6.45, 7) is 5.88. The fourth-order valence-electron chi connectivity index (χ4n) is 3.02. The third kappa shape index (κ3) is 2.59. The summed E-state index contributed by atoms with van der Waals surface area (Å²) in [5, 5.41) is 0.399. The van der Waals surface area contributed by atoms with Crippen LogP contribution in [0.3, 0.4) is 0 Å². The Kier molecular flexibility index (Phi) is 3.52. The Hall–Kier alpha value is -2.02. The van der Waals surface area contributed by atoms with Crippen molar-refractivity contribution in [2.24, 2.45) is 0 Å². The van der Waals surface area contributed by atoms with E-state index in [1.54, 1.807) is 12.1 Å². The molecule has 2 aromatic heterocycles. The predicted octanol–water partition coefficient (Wildman–Crippen LogP) is 2.21. The van der Waals surface area contributed by atoms with Crippen LogP contribution in [-0.4, -0.2) is 64.6 Å². The van der Waals surface area contributed by atoms with E-state index in [1.165, 1.54) is 0 Å². The summed E-state index contributed by atoms with van der Waals surface area (Å²) in [4.78, 5) is 26.8. The molecule has 0 aliphatic carbocycles. The predicted molar refractivity (Wildman–Crippen MR) is 86.8 cm³/mol. The van der Waals surface area contributed by atoms with Gasteiger partial charge in [-0.15, -0.1) is 0 Å². The molecule has 2 saturated heterocycles. The fourth-order valence-corrected chi connectivity index (χ4v) is 3.17. The topological polar surface area (TPSA) is 65.7 Å². The number of hydrogen-bond donors (Lipinski definition) is 0. The lowest BCUT2D eigenvalue weighted by molar-refractivity contribution is 0.108. The molecule has 2 aromatic rings. The Bertz CT molecular complexity index is 745. The van der Waals surface area contributed by atoms with Crippen molar-refractivity contribution >= 4 is 34.9 Å². The fraction of sp³-hybridized carbons (Fsp3) is 0.533. The molecule has 0 spiro atoms. The van der Waals surface area contributed by atoms with Crippen LogP contribution in [0.25, 0.3) is 11.2 Å². The molecular formula is C15H18ClN5O2. The van der Waals surface area contributed by atoms with Crippen LogP contribution in [0, 0.1) is 0 Å². The highest BCUT2D eigenvalue weighted by Crippen LogP contribution is 2.25. The van der Waals surface area contributed by atoms with Crippen molar-refractivity contribution in [1.29, 1.82) is 0 Å². The molecule has 122 valence electrons. The molecule has 1 atom stereocenters. The van der Waals surface area contributed by atoms with Gasteiger partial charge in [-0.25, -0.2) is 9.78 Å². The second kappa shape index (κ2) is 5.56. The normalized spacial score (nSPS) is 21.7. The minimum atomic E-state index is 0.114. The molecule has 8 heteroatoms. The van der Waals surface area contributed by atoms with E-state index in [0.717, 1.165) is 19.5 Å². The van der Waals surface area contributed by atoms with E-state index in [-0.39, 0.29) is 12.1 Å². The van der Waals surface area contributed by atoms with Crippen molar-refractivity contribution in [3.63, 3.8) is 0 Å². The number of aromatic nitrogens is 2. The van der Waals surface area contributed by atoms with Crippen LogP contribution >= 0.6 is 11.6 Å². The van der Waals surface area contributed by atoms with E-state index in [0.29, 0.717) is 42.0 Å². The average Bonchev–Trinajstić information content (AvgIpc) is 2.88. The largest absolute Gasteiger partial charge is 0.422 e. The van der Waals surface area contributed by atoms with Gasteiger partial charge in [0.1, 0.15) is 5.15 Å². The highest BCUT2D eigenvalue weighted by molar-refractivity contribution is 6.29. The van der Waals surface area contributed by atoms with Crippen molar-refractivity contribution in [2.45, 2.75) is 19.4 Å². The molecule has 0 bridgehead atoms. The van der Waals surface area contributed by atoms with E-state index in [9.17, 15) is 4.79 Å². The first kappa shape index (κ1) is 14.6. The zero-order valence-corrected chi connectivity index (χ0v) is 13.7. The number of carbonyl (C=O) groups excluding carboxylic acids is 1. The Labute approximate surface area is 138 Å². The van der Waals surface area contributed by atoms with Gasteiger partial charge in [0.2, 0.25) is 5.65 Å². The summed E-state index contributed by atoms with van der Waals surface area (Å²) in [6, 6.07) is 4.26. The first-order chi connectivity index (χ1) is 11.1. The van der Waals surface area contributed by atoms with Crippen LogP contribution in [0.2, 0.25) is 5.15 Å². The highest BCUT2D eigenvalue weighted by atomic mass is 35.5. The van der Waals surface area contributed by atoms with Gasteiger partial charge >= 0.3 is 6.03 Å². The van der Waals surface area contributed by atoms with E-state index >= 15 is 0 Å². The second-order valence-corrected chi connectivity index (χ2v) is 6.45. The van der Waals surface area contributed by atoms with Gasteiger partial charge in [0.25, 0.3) is 6.01 Å². The third-order valence-corrected chi connectivity index (χ3v) is 4.69. The Morgan fingerprint density at radius 3 is 2.78 bits per heavy atom. The van der Waals surface area contributed by atoms with Crippen molar-refractivity contribution < 1.29 is 9.21 Å². The Morgan fingerprint density at radius 1 is 1.26 bits per heavy atom. The SMILES string of the molecule is CC1CN(c2nc3nc(Cl)ccc3o2)CCN1C(=O)N1CCC1. The number of piperazine rings is 1. The Morgan fingerprint density at radius 2 is 2.09 bits per heavy atom. The van der Waals surface area contributed by atoms with E-state index < -0.39 is 0 Å².